The first-order valence-corrected chi connectivity index (χ1v) is 9.97. The number of aliphatic hydroxyl groups excluding tert-OH is 1. The molecular formula is C24H36N2O5. The van der Waals surface area contributed by atoms with E-state index in [0.29, 0.717) is 0 Å². The fraction of sp³-hybridized carbons (Fsp3) is 0.417. The number of carbonyl (C=O) groups excluding carboxylic acids is 2. The molecule has 0 spiro atoms. The maximum absolute atomic E-state index is 9.58. The maximum Gasteiger partial charge on any atom is 0.104 e. The molecule has 31 heavy (non-hydrogen) atoms. The average Bonchev–Trinajstić information content (AvgIpc) is 2.61. The van der Waals surface area contributed by atoms with Crippen molar-refractivity contribution in [2.24, 2.45) is 0 Å². The van der Waals surface area contributed by atoms with Crippen molar-refractivity contribution in [2.75, 3.05) is 42.3 Å². The molecule has 1 atom stereocenters. The van der Waals surface area contributed by atoms with E-state index in [1.54, 1.807) is 0 Å². The highest BCUT2D eigenvalue weighted by Gasteiger charge is 2.07. The van der Waals surface area contributed by atoms with Crippen molar-refractivity contribution in [3.05, 3.63) is 71.8 Å². The van der Waals surface area contributed by atoms with Crippen LogP contribution in [-0.2, 0) is 22.7 Å². The van der Waals surface area contributed by atoms with Crippen LogP contribution in [0.1, 0.15) is 17.5 Å². The van der Waals surface area contributed by atoms with Gasteiger partial charge in [-0.2, -0.15) is 0 Å². The van der Waals surface area contributed by atoms with E-state index in [-0.39, 0.29) is 0 Å². The second-order valence-electron chi connectivity index (χ2n) is 9.28. The number of nitrogens with zero attached hydrogens (tertiary/aromatic N) is 2. The predicted molar refractivity (Wildman–Crippen MR) is 117 cm³/mol. The van der Waals surface area contributed by atoms with Gasteiger partial charge < -0.3 is 33.9 Å². The molecule has 7 nitrogen and oxygen atoms in total. The van der Waals surface area contributed by atoms with Gasteiger partial charge in [0.05, 0.1) is 54.4 Å². The molecule has 0 radical (unpaired) electrons. The van der Waals surface area contributed by atoms with Gasteiger partial charge in [0.2, 0.25) is 0 Å². The topological polar surface area (TPSA) is 100 Å². The molecule has 2 aromatic carbocycles. The van der Waals surface area contributed by atoms with E-state index in [2.05, 4.69) is 103 Å². The molecule has 172 valence electrons. The molecule has 2 aromatic rings. The van der Waals surface area contributed by atoms with Gasteiger partial charge in [-0.1, -0.05) is 60.7 Å². The van der Waals surface area contributed by atoms with E-state index in [1.165, 1.54) is 11.1 Å². The number of aliphatic hydroxyl groups is 1. The Labute approximate surface area is 186 Å². The lowest BCUT2D eigenvalue weighted by atomic mass is 10.2. The highest BCUT2D eigenvalue weighted by molar-refractivity contribution is 5.77. The molecule has 0 heterocycles. The summed E-state index contributed by atoms with van der Waals surface area (Å²) in [6, 6.07) is 21.1. The number of rotatable bonds is 7. The number of hydrogen-bond acceptors (Lipinski definition) is 5. The van der Waals surface area contributed by atoms with E-state index >= 15 is 0 Å². The Bertz CT molecular complexity index is 715. The standard InChI is InChI=1S/2C10H16N.C4H6O5/c2*1-11(2,3)9-10-7-5-4-6-8-10;5-2(4(8)9)1-3(6)7/h2*4-8H,9H2,1-3H3;2,5H,1H2,(H,6,7)(H,8,9)/q2*+1;/p-2. The highest BCUT2D eigenvalue weighted by atomic mass is 16.4. The van der Waals surface area contributed by atoms with Crippen LogP contribution < -0.4 is 10.2 Å². The number of carbonyl (C=O) groups is 2. The minimum atomic E-state index is -1.96. The van der Waals surface area contributed by atoms with Crippen molar-refractivity contribution >= 4 is 11.9 Å². The summed E-state index contributed by atoms with van der Waals surface area (Å²) in [5.41, 5.74) is 2.81. The lowest BCUT2D eigenvalue weighted by Gasteiger charge is -2.23. The van der Waals surface area contributed by atoms with Gasteiger partial charge in [-0.05, 0) is 0 Å². The molecule has 0 aliphatic heterocycles. The number of aliphatic carboxylic acids is 2. The zero-order valence-corrected chi connectivity index (χ0v) is 19.4. The van der Waals surface area contributed by atoms with Crippen LogP contribution >= 0.6 is 0 Å². The number of carboxylic acid groups (broad SMARTS) is 2. The van der Waals surface area contributed by atoms with Crippen LogP contribution in [0.3, 0.4) is 0 Å². The first-order valence-electron chi connectivity index (χ1n) is 9.97. The van der Waals surface area contributed by atoms with E-state index in [4.69, 9.17) is 5.11 Å². The monoisotopic (exact) mass is 432 g/mol. The summed E-state index contributed by atoms with van der Waals surface area (Å²) < 4.78 is 1.98. The molecule has 0 aromatic heterocycles. The van der Waals surface area contributed by atoms with Crippen molar-refractivity contribution < 1.29 is 33.9 Å². The number of hydrogen-bond donors (Lipinski definition) is 1. The highest BCUT2D eigenvalue weighted by Crippen LogP contribution is 2.06. The third kappa shape index (κ3) is 17.8. The summed E-state index contributed by atoms with van der Waals surface area (Å²) in [6.45, 7) is 2.20. The van der Waals surface area contributed by atoms with E-state index < -0.39 is 24.5 Å². The van der Waals surface area contributed by atoms with Crippen molar-refractivity contribution in [1.82, 2.24) is 0 Å². The molecule has 1 unspecified atom stereocenters. The molecule has 1 N–H and O–H groups in total. The largest absolute Gasteiger partial charge is 0.550 e. The van der Waals surface area contributed by atoms with Gasteiger partial charge in [0.1, 0.15) is 13.1 Å². The van der Waals surface area contributed by atoms with E-state index in [9.17, 15) is 19.8 Å². The van der Waals surface area contributed by atoms with Crippen LogP contribution in [0.2, 0.25) is 0 Å². The first kappa shape index (κ1) is 28.3. The maximum atomic E-state index is 9.58. The molecule has 0 saturated heterocycles. The quantitative estimate of drug-likeness (QED) is 0.622. The lowest BCUT2D eigenvalue weighted by molar-refractivity contribution is -0.884. The molecule has 0 amide bonds. The van der Waals surface area contributed by atoms with E-state index in [0.717, 1.165) is 22.1 Å². The Balaban J connectivity index is 0.000000439. The van der Waals surface area contributed by atoms with Gasteiger partial charge in [0.25, 0.3) is 0 Å². The van der Waals surface area contributed by atoms with Crippen LogP contribution in [0.25, 0.3) is 0 Å². The van der Waals surface area contributed by atoms with Crippen molar-refractivity contribution in [3.8, 4) is 0 Å². The number of benzene rings is 2. The molecule has 2 rings (SSSR count). The van der Waals surface area contributed by atoms with Crippen LogP contribution in [0, 0.1) is 0 Å². The SMILES string of the molecule is C[N+](C)(C)Cc1ccccc1.C[N+](C)(C)Cc1ccccc1.O=C([O-])CC(O)C(=O)[O-]. The van der Waals surface area contributed by atoms with Crippen LogP contribution in [-0.4, -0.2) is 74.4 Å². The Morgan fingerprint density at radius 2 is 1.06 bits per heavy atom. The Morgan fingerprint density at radius 3 is 1.26 bits per heavy atom. The fourth-order valence-electron chi connectivity index (χ4n) is 2.50. The lowest BCUT2D eigenvalue weighted by Crippen LogP contribution is -2.39. The predicted octanol–water partition coefficient (Wildman–Crippen LogP) is 0.0228. The van der Waals surface area contributed by atoms with Crippen molar-refractivity contribution in [1.29, 1.82) is 0 Å². The summed E-state index contributed by atoms with van der Waals surface area (Å²) in [5, 5.41) is 27.3. The first-order chi connectivity index (χ1) is 14.2. The van der Waals surface area contributed by atoms with Crippen molar-refractivity contribution in [2.45, 2.75) is 25.6 Å². The third-order valence-electron chi connectivity index (χ3n) is 3.63. The van der Waals surface area contributed by atoms with Gasteiger partial charge in [-0.3, -0.25) is 0 Å². The second kappa shape index (κ2) is 13.5. The smallest absolute Gasteiger partial charge is 0.104 e. The van der Waals surface area contributed by atoms with Gasteiger partial charge in [0.15, 0.2) is 0 Å². The molecule has 0 aliphatic carbocycles. The summed E-state index contributed by atoms with van der Waals surface area (Å²) in [5.74, 6) is -3.43. The summed E-state index contributed by atoms with van der Waals surface area (Å²) in [6.07, 6.45) is -2.89. The van der Waals surface area contributed by atoms with Gasteiger partial charge in [-0.25, -0.2) is 0 Å². The minimum Gasteiger partial charge on any atom is -0.550 e. The number of carboxylic acids is 2. The fourth-order valence-corrected chi connectivity index (χ4v) is 2.50. The minimum absolute atomic E-state index is 0.928. The average molecular weight is 433 g/mol. The van der Waals surface area contributed by atoms with Gasteiger partial charge >= 0.3 is 0 Å². The van der Waals surface area contributed by atoms with Crippen LogP contribution in [0.5, 0.6) is 0 Å². The molecule has 0 aliphatic rings. The van der Waals surface area contributed by atoms with Crippen LogP contribution in [0.4, 0.5) is 0 Å². The number of quaternary nitrogens is 2. The molecule has 0 saturated carbocycles. The van der Waals surface area contributed by atoms with Gasteiger partial charge in [0, 0.05) is 23.5 Å². The van der Waals surface area contributed by atoms with Crippen LogP contribution in [0.15, 0.2) is 60.7 Å². The summed E-state index contributed by atoms with van der Waals surface area (Å²) in [4.78, 5) is 19.1. The normalized spacial score (nSPS) is 11.8. The third-order valence-corrected chi connectivity index (χ3v) is 3.63. The zero-order chi connectivity index (χ0) is 24.1. The molecule has 7 heteroatoms. The molecule has 0 bridgehead atoms. The van der Waals surface area contributed by atoms with Crippen molar-refractivity contribution in [3.63, 3.8) is 0 Å². The molecular weight excluding hydrogens is 396 g/mol. The Hall–Kier alpha value is -2.74. The van der Waals surface area contributed by atoms with E-state index in [1.807, 2.05) is 0 Å². The summed E-state index contributed by atoms with van der Waals surface area (Å²) >= 11 is 0. The Kier molecular flexibility index (Phi) is 12.3. The summed E-state index contributed by atoms with van der Waals surface area (Å²) in [7, 11) is 13.2. The Morgan fingerprint density at radius 1 is 0.742 bits per heavy atom. The molecule has 0 fully saturated rings. The zero-order valence-electron chi connectivity index (χ0n) is 19.4. The van der Waals surface area contributed by atoms with Gasteiger partial charge in [-0.15, -0.1) is 0 Å². The second-order valence-corrected chi connectivity index (χ2v) is 9.28.